The van der Waals surface area contributed by atoms with Crippen molar-refractivity contribution in [3.8, 4) is 11.5 Å². The molecule has 1 aliphatic rings. The van der Waals surface area contributed by atoms with Crippen LogP contribution in [0.25, 0.3) is 0 Å². The Labute approximate surface area is 125 Å². The molecule has 116 valence electrons. The number of amides is 1. The van der Waals surface area contributed by atoms with Crippen LogP contribution < -0.4 is 15.2 Å². The van der Waals surface area contributed by atoms with Crippen molar-refractivity contribution in [1.82, 2.24) is 0 Å². The maximum Gasteiger partial charge on any atom is 0.405 e. The second-order valence-electron chi connectivity index (χ2n) is 5.56. The normalized spacial score (nSPS) is 17.0. The molecule has 1 aromatic rings. The summed E-state index contributed by atoms with van der Waals surface area (Å²) >= 11 is 0. The number of primary amides is 1. The summed E-state index contributed by atoms with van der Waals surface area (Å²) in [6, 6.07) is 5.72. The fourth-order valence-electron chi connectivity index (χ4n) is 3.06. The van der Waals surface area contributed by atoms with Gasteiger partial charge in [-0.25, -0.2) is 4.79 Å². The highest BCUT2D eigenvalue weighted by atomic mass is 16.6. The van der Waals surface area contributed by atoms with E-state index in [-0.39, 0.29) is 0 Å². The van der Waals surface area contributed by atoms with E-state index in [0.717, 1.165) is 42.7 Å². The van der Waals surface area contributed by atoms with Crippen LogP contribution >= 0.6 is 0 Å². The first-order valence-corrected chi connectivity index (χ1v) is 7.27. The van der Waals surface area contributed by atoms with Crippen molar-refractivity contribution >= 4 is 6.09 Å². The fraction of sp³-hybridized carbons (Fsp3) is 0.562. The van der Waals surface area contributed by atoms with Crippen LogP contribution in [-0.2, 0) is 11.2 Å². The van der Waals surface area contributed by atoms with Crippen molar-refractivity contribution < 1.29 is 19.0 Å². The highest BCUT2D eigenvalue weighted by molar-refractivity contribution is 5.65. The molecule has 5 nitrogen and oxygen atoms in total. The minimum Gasteiger partial charge on any atom is -0.497 e. The molecule has 1 aromatic carbocycles. The number of carbonyl (C=O) groups is 1. The molecule has 2 rings (SSSR count). The van der Waals surface area contributed by atoms with E-state index in [1.165, 1.54) is 6.42 Å². The molecule has 0 saturated heterocycles. The molecular weight excluding hydrogens is 270 g/mol. The van der Waals surface area contributed by atoms with Crippen molar-refractivity contribution in [1.29, 1.82) is 0 Å². The lowest BCUT2D eigenvalue weighted by molar-refractivity contribution is -0.0117. The van der Waals surface area contributed by atoms with E-state index in [4.69, 9.17) is 19.9 Å². The maximum absolute atomic E-state index is 11.3. The van der Waals surface area contributed by atoms with Gasteiger partial charge in [-0.1, -0.05) is 6.42 Å². The van der Waals surface area contributed by atoms with Crippen LogP contribution in [0.5, 0.6) is 11.5 Å². The minimum atomic E-state index is -0.702. The summed E-state index contributed by atoms with van der Waals surface area (Å²) < 4.78 is 16.1. The summed E-state index contributed by atoms with van der Waals surface area (Å²) in [5.74, 6) is 1.46. The number of hydrogen-bond acceptors (Lipinski definition) is 4. The SMILES string of the molecule is COc1cc(CC2(OC(N)=O)CCCCC2)cc(OC)c1. The number of benzene rings is 1. The third kappa shape index (κ3) is 4.03. The Morgan fingerprint density at radius 1 is 1.10 bits per heavy atom. The monoisotopic (exact) mass is 293 g/mol. The van der Waals surface area contributed by atoms with Gasteiger partial charge in [0.15, 0.2) is 0 Å². The minimum absolute atomic E-state index is 0.499. The first-order chi connectivity index (χ1) is 10.1. The van der Waals surface area contributed by atoms with E-state index >= 15 is 0 Å². The third-order valence-corrected chi connectivity index (χ3v) is 4.02. The quantitative estimate of drug-likeness (QED) is 0.905. The molecule has 0 atom stereocenters. The van der Waals surface area contributed by atoms with Gasteiger partial charge in [-0.15, -0.1) is 0 Å². The van der Waals surface area contributed by atoms with Crippen LogP contribution in [-0.4, -0.2) is 25.9 Å². The van der Waals surface area contributed by atoms with Crippen molar-refractivity contribution in [2.24, 2.45) is 5.73 Å². The summed E-state index contributed by atoms with van der Waals surface area (Å²) in [5.41, 5.74) is 5.79. The molecule has 0 unspecified atom stereocenters. The molecule has 1 saturated carbocycles. The highest BCUT2D eigenvalue weighted by Crippen LogP contribution is 2.36. The van der Waals surface area contributed by atoms with E-state index in [1.54, 1.807) is 14.2 Å². The van der Waals surface area contributed by atoms with Gasteiger partial charge in [0.1, 0.15) is 17.1 Å². The average Bonchev–Trinajstić information content (AvgIpc) is 2.46. The average molecular weight is 293 g/mol. The van der Waals surface area contributed by atoms with Gasteiger partial charge < -0.3 is 19.9 Å². The Morgan fingerprint density at radius 3 is 2.14 bits per heavy atom. The second-order valence-corrected chi connectivity index (χ2v) is 5.56. The summed E-state index contributed by atoms with van der Waals surface area (Å²) in [7, 11) is 3.24. The molecule has 0 bridgehead atoms. The van der Waals surface area contributed by atoms with Gasteiger partial charge in [-0.2, -0.15) is 0 Å². The van der Waals surface area contributed by atoms with E-state index in [1.807, 2.05) is 18.2 Å². The summed E-state index contributed by atoms with van der Waals surface area (Å²) in [6.07, 6.45) is 4.88. The summed E-state index contributed by atoms with van der Waals surface area (Å²) in [4.78, 5) is 11.3. The lowest BCUT2D eigenvalue weighted by Crippen LogP contribution is -2.41. The number of nitrogens with two attached hydrogens (primary N) is 1. The zero-order valence-electron chi connectivity index (χ0n) is 12.7. The molecular formula is C16H23NO4. The molecule has 0 heterocycles. The lowest BCUT2D eigenvalue weighted by Gasteiger charge is -2.36. The van der Waals surface area contributed by atoms with Crippen LogP contribution in [0.2, 0.25) is 0 Å². The van der Waals surface area contributed by atoms with E-state index in [0.29, 0.717) is 6.42 Å². The Morgan fingerprint density at radius 2 is 1.67 bits per heavy atom. The second kappa shape index (κ2) is 6.70. The standard InChI is InChI=1S/C16H23NO4/c1-19-13-8-12(9-14(10-13)20-2)11-16(21-15(17)18)6-4-3-5-7-16/h8-10H,3-7,11H2,1-2H3,(H2,17,18). The van der Waals surface area contributed by atoms with Crippen molar-refractivity contribution in [2.45, 2.75) is 44.1 Å². The van der Waals surface area contributed by atoms with E-state index in [2.05, 4.69) is 0 Å². The Kier molecular flexibility index (Phi) is 4.94. The van der Waals surface area contributed by atoms with Gasteiger partial charge in [0.05, 0.1) is 14.2 Å². The van der Waals surface area contributed by atoms with Gasteiger partial charge >= 0.3 is 6.09 Å². The number of hydrogen-bond donors (Lipinski definition) is 1. The van der Waals surface area contributed by atoms with Crippen molar-refractivity contribution in [3.05, 3.63) is 23.8 Å². The molecule has 0 aromatic heterocycles. The first-order valence-electron chi connectivity index (χ1n) is 7.27. The van der Waals surface area contributed by atoms with Gasteiger partial charge in [-0.3, -0.25) is 0 Å². The molecule has 21 heavy (non-hydrogen) atoms. The Balaban J connectivity index is 2.25. The topological polar surface area (TPSA) is 70.8 Å². The predicted molar refractivity (Wildman–Crippen MR) is 79.7 cm³/mol. The van der Waals surface area contributed by atoms with Crippen LogP contribution in [0.4, 0.5) is 4.79 Å². The largest absolute Gasteiger partial charge is 0.497 e. The van der Waals surface area contributed by atoms with Crippen LogP contribution in [0.1, 0.15) is 37.7 Å². The molecule has 1 fully saturated rings. The molecule has 0 spiro atoms. The van der Waals surface area contributed by atoms with Crippen molar-refractivity contribution in [2.75, 3.05) is 14.2 Å². The van der Waals surface area contributed by atoms with Gasteiger partial charge in [0.2, 0.25) is 0 Å². The van der Waals surface area contributed by atoms with Crippen LogP contribution in [0.3, 0.4) is 0 Å². The predicted octanol–water partition coefficient (Wildman–Crippen LogP) is 3.04. The molecule has 0 radical (unpaired) electrons. The Hall–Kier alpha value is -1.91. The molecule has 0 aliphatic heterocycles. The number of carbonyl (C=O) groups excluding carboxylic acids is 1. The summed E-state index contributed by atoms with van der Waals surface area (Å²) in [6.45, 7) is 0. The number of methoxy groups -OCH3 is 2. The fourth-order valence-corrected chi connectivity index (χ4v) is 3.06. The first kappa shape index (κ1) is 15.5. The molecule has 1 aliphatic carbocycles. The maximum atomic E-state index is 11.3. The smallest absolute Gasteiger partial charge is 0.405 e. The zero-order valence-corrected chi connectivity index (χ0v) is 12.7. The molecule has 1 amide bonds. The number of rotatable bonds is 5. The van der Waals surface area contributed by atoms with Gasteiger partial charge in [-0.05, 0) is 43.4 Å². The van der Waals surface area contributed by atoms with E-state index in [9.17, 15) is 4.79 Å². The highest BCUT2D eigenvalue weighted by Gasteiger charge is 2.35. The lowest BCUT2D eigenvalue weighted by atomic mass is 9.80. The van der Waals surface area contributed by atoms with Crippen LogP contribution in [0, 0.1) is 0 Å². The van der Waals surface area contributed by atoms with Crippen molar-refractivity contribution in [3.63, 3.8) is 0 Å². The Bertz CT molecular complexity index is 473. The van der Waals surface area contributed by atoms with Gasteiger partial charge in [0, 0.05) is 12.5 Å². The van der Waals surface area contributed by atoms with E-state index < -0.39 is 11.7 Å². The third-order valence-electron chi connectivity index (χ3n) is 4.02. The number of ether oxygens (including phenoxy) is 3. The molecule has 2 N–H and O–H groups in total. The van der Waals surface area contributed by atoms with Gasteiger partial charge in [0.25, 0.3) is 0 Å². The molecule has 5 heteroatoms. The zero-order chi connectivity index (χ0) is 15.3. The van der Waals surface area contributed by atoms with Crippen LogP contribution in [0.15, 0.2) is 18.2 Å². The summed E-state index contributed by atoms with van der Waals surface area (Å²) in [5, 5.41) is 0.